The molecule has 2 amide bonds. The van der Waals surface area contributed by atoms with Crippen LogP contribution in [0, 0.1) is 12.8 Å². The average Bonchev–Trinajstić information content (AvgIpc) is 3.07. The van der Waals surface area contributed by atoms with Crippen LogP contribution in [0.4, 0.5) is 5.69 Å². The number of aliphatic hydroxyl groups excluding tert-OH is 1. The summed E-state index contributed by atoms with van der Waals surface area (Å²) in [6.07, 6.45) is 2.29. The van der Waals surface area contributed by atoms with Crippen molar-refractivity contribution in [1.29, 1.82) is 0 Å². The van der Waals surface area contributed by atoms with E-state index in [-0.39, 0.29) is 17.7 Å². The van der Waals surface area contributed by atoms with Gasteiger partial charge in [-0.25, -0.2) is 0 Å². The van der Waals surface area contributed by atoms with Gasteiger partial charge >= 0.3 is 0 Å². The molecule has 2 fully saturated rings. The summed E-state index contributed by atoms with van der Waals surface area (Å²) in [7, 11) is 0. The summed E-state index contributed by atoms with van der Waals surface area (Å²) in [5.74, 6) is -0.611. The lowest BCUT2D eigenvalue weighted by molar-refractivity contribution is -0.131. The van der Waals surface area contributed by atoms with Gasteiger partial charge in [0.2, 0.25) is 11.8 Å². The van der Waals surface area contributed by atoms with Crippen LogP contribution in [0.2, 0.25) is 0 Å². The number of rotatable bonds is 3. The number of aryl methyl sites for hydroxylation is 1. The molecule has 1 saturated carbocycles. The Morgan fingerprint density at radius 3 is 2.59 bits per heavy atom. The zero-order chi connectivity index (χ0) is 15.7. The fraction of sp³-hybridized carbons (Fsp3) is 0.529. The lowest BCUT2D eigenvalue weighted by Crippen LogP contribution is -2.45. The van der Waals surface area contributed by atoms with Gasteiger partial charge in [0.15, 0.2) is 0 Å². The predicted octanol–water partition coefficient (Wildman–Crippen LogP) is 1.38. The van der Waals surface area contributed by atoms with Crippen molar-refractivity contribution < 1.29 is 14.7 Å². The molecule has 0 aromatic heterocycles. The van der Waals surface area contributed by atoms with Gasteiger partial charge in [0.25, 0.3) is 0 Å². The van der Waals surface area contributed by atoms with Crippen LogP contribution in [-0.2, 0) is 9.59 Å². The third-order valence-corrected chi connectivity index (χ3v) is 4.68. The summed E-state index contributed by atoms with van der Waals surface area (Å²) in [4.78, 5) is 26.4. The molecule has 3 atom stereocenters. The van der Waals surface area contributed by atoms with Crippen molar-refractivity contribution in [3.05, 3.63) is 29.8 Å². The third kappa shape index (κ3) is 2.86. The fourth-order valence-corrected chi connectivity index (χ4v) is 3.32. The summed E-state index contributed by atoms with van der Waals surface area (Å²) >= 11 is 0. The Kier molecular flexibility index (Phi) is 4.16. The molecule has 1 saturated heterocycles. The van der Waals surface area contributed by atoms with E-state index in [2.05, 4.69) is 5.32 Å². The van der Waals surface area contributed by atoms with E-state index >= 15 is 0 Å². The Balaban J connectivity index is 1.63. The fourth-order valence-electron chi connectivity index (χ4n) is 3.32. The molecular weight excluding hydrogens is 280 g/mol. The van der Waals surface area contributed by atoms with Crippen molar-refractivity contribution in [2.75, 3.05) is 11.4 Å². The van der Waals surface area contributed by atoms with Crippen molar-refractivity contribution in [3.8, 4) is 0 Å². The van der Waals surface area contributed by atoms with E-state index in [4.69, 9.17) is 0 Å². The molecule has 0 radical (unpaired) electrons. The zero-order valence-corrected chi connectivity index (χ0v) is 12.8. The highest BCUT2D eigenvalue weighted by Crippen LogP contribution is 2.27. The molecule has 22 heavy (non-hydrogen) atoms. The number of aliphatic hydroxyl groups is 1. The largest absolute Gasteiger partial charge is 0.392 e. The molecule has 2 N–H and O–H groups in total. The first kappa shape index (κ1) is 15.0. The second-order valence-corrected chi connectivity index (χ2v) is 6.28. The molecule has 3 unspecified atom stereocenters. The number of amides is 2. The Morgan fingerprint density at radius 2 is 1.95 bits per heavy atom. The summed E-state index contributed by atoms with van der Waals surface area (Å²) in [5, 5.41) is 12.6. The maximum atomic E-state index is 12.5. The van der Waals surface area contributed by atoms with E-state index in [0.29, 0.717) is 25.8 Å². The third-order valence-electron chi connectivity index (χ3n) is 4.68. The van der Waals surface area contributed by atoms with Crippen LogP contribution in [0.1, 0.15) is 31.2 Å². The average molecular weight is 302 g/mol. The van der Waals surface area contributed by atoms with Gasteiger partial charge in [-0.1, -0.05) is 17.7 Å². The highest BCUT2D eigenvalue weighted by Gasteiger charge is 2.37. The first-order valence-electron chi connectivity index (χ1n) is 7.93. The maximum absolute atomic E-state index is 12.5. The Hall–Kier alpha value is -1.88. The summed E-state index contributed by atoms with van der Waals surface area (Å²) in [6.45, 7) is 2.62. The molecule has 0 spiro atoms. The minimum absolute atomic E-state index is 0.0651. The number of nitrogens with one attached hydrogen (secondary N) is 1. The van der Waals surface area contributed by atoms with E-state index in [1.807, 2.05) is 31.2 Å². The van der Waals surface area contributed by atoms with E-state index < -0.39 is 12.1 Å². The standard InChI is InChI=1S/C17H22N2O3/c1-11-5-7-12(8-6-11)19-10-9-14(17(19)22)18-16(21)13-3-2-4-15(13)20/h5-8,13-15,20H,2-4,9-10H2,1H3,(H,18,21). The van der Waals surface area contributed by atoms with Gasteiger partial charge < -0.3 is 15.3 Å². The molecule has 2 aliphatic rings. The first-order valence-corrected chi connectivity index (χ1v) is 7.93. The van der Waals surface area contributed by atoms with E-state index in [1.165, 1.54) is 0 Å². The number of anilines is 1. The first-order chi connectivity index (χ1) is 10.6. The lowest BCUT2D eigenvalue weighted by Gasteiger charge is -2.19. The van der Waals surface area contributed by atoms with Crippen LogP contribution < -0.4 is 10.2 Å². The molecule has 3 rings (SSSR count). The molecular formula is C17H22N2O3. The second kappa shape index (κ2) is 6.08. The van der Waals surface area contributed by atoms with Crippen LogP contribution in [0.5, 0.6) is 0 Å². The van der Waals surface area contributed by atoms with Crippen LogP contribution in [0.3, 0.4) is 0 Å². The number of nitrogens with zero attached hydrogens (tertiary/aromatic N) is 1. The van der Waals surface area contributed by atoms with Crippen LogP contribution in [0.25, 0.3) is 0 Å². The Morgan fingerprint density at radius 1 is 1.23 bits per heavy atom. The van der Waals surface area contributed by atoms with Gasteiger partial charge in [0.1, 0.15) is 6.04 Å². The Bertz CT molecular complexity index is 570. The molecule has 1 heterocycles. The maximum Gasteiger partial charge on any atom is 0.249 e. The van der Waals surface area contributed by atoms with Crippen molar-refractivity contribution in [2.24, 2.45) is 5.92 Å². The van der Waals surface area contributed by atoms with Crippen LogP contribution in [-0.4, -0.2) is 35.6 Å². The topological polar surface area (TPSA) is 69.6 Å². The minimum atomic E-state index is -0.565. The highest BCUT2D eigenvalue weighted by molar-refractivity contribution is 6.01. The number of carbonyl (C=O) groups is 2. The van der Waals surface area contributed by atoms with Gasteiger partial charge in [0, 0.05) is 12.2 Å². The second-order valence-electron chi connectivity index (χ2n) is 6.28. The molecule has 118 valence electrons. The summed E-state index contributed by atoms with van der Waals surface area (Å²) in [5.41, 5.74) is 2.02. The van der Waals surface area contributed by atoms with Gasteiger partial charge in [-0.15, -0.1) is 0 Å². The van der Waals surface area contributed by atoms with Gasteiger partial charge in [-0.05, 0) is 44.7 Å². The molecule has 1 aromatic rings. The van der Waals surface area contributed by atoms with Gasteiger partial charge in [0.05, 0.1) is 12.0 Å². The lowest BCUT2D eigenvalue weighted by atomic mass is 10.0. The molecule has 0 bridgehead atoms. The smallest absolute Gasteiger partial charge is 0.249 e. The van der Waals surface area contributed by atoms with Crippen molar-refractivity contribution in [2.45, 2.75) is 44.8 Å². The predicted molar refractivity (Wildman–Crippen MR) is 83.4 cm³/mol. The SMILES string of the molecule is Cc1ccc(N2CCC(NC(=O)C3CCCC3O)C2=O)cc1. The quantitative estimate of drug-likeness (QED) is 0.886. The molecule has 1 aromatic carbocycles. The molecule has 1 aliphatic carbocycles. The molecule has 5 heteroatoms. The monoisotopic (exact) mass is 302 g/mol. The van der Waals surface area contributed by atoms with E-state index in [0.717, 1.165) is 17.7 Å². The summed E-state index contributed by atoms with van der Waals surface area (Å²) in [6, 6.07) is 7.34. The van der Waals surface area contributed by atoms with Gasteiger partial charge in [-0.3, -0.25) is 9.59 Å². The van der Waals surface area contributed by atoms with Crippen molar-refractivity contribution in [3.63, 3.8) is 0 Å². The van der Waals surface area contributed by atoms with Gasteiger partial charge in [-0.2, -0.15) is 0 Å². The Labute approximate surface area is 130 Å². The normalized spacial score (nSPS) is 28.2. The van der Waals surface area contributed by atoms with E-state index in [1.54, 1.807) is 4.90 Å². The number of carbonyl (C=O) groups excluding carboxylic acids is 2. The van der Waals surface area contributed by atoms with Crippen molar-refractivity contribution in [1.82, 2.24) is 5.32 Å². The van der Waals surface area contributed by atoms with Crippen LogP contribution in [0.15, 0.2) is 24.3 Å². The van der Waals surface area contributed by atoms with Crippen LogP contribution >= 0.6 is 0 Å². The van der Waals surface area contributed by atoms with Crippen molar-refractivity contribution >= 4 is 17.5 Å². The highest BCUT2D eigenvalue weighted by atomic mass is 16.3. The summed E-state index contributed by atoms with van der Waals surface area (Å²) < 4.78 is 0. The zero-order valence-electron chi connectivity index (χ0n) is 12.8. The number of hydrogen-bond donors (Lipinski definition) is 2. The number of hydrogen-bond acceptors (Lipinski definition) is 3. The number of benzene rings is 1. The minimum Gasteiger partial charge on any atom is -0.392 e. The molecule has 5 nitrogen and oxygen atoms in total. The van der Waals surface area contributed by atoms with E-state index in [9.17, 15) is 14.7 Å². The molecule has 1 aliphatic heterocycles.